The van der Waals surface area contributed by atoms with Gasteiger partial charge in [0.2, 0.25) is 0 Å². The number of carbonyl (C=O) groups excluding carboxylic acids is 1. The first-order chi connectivity index (χ1) is 10.5. The summed E-state index contributed by atoms with van der Waals surface area (Å²) in [5.41, 5.74) is 1.83. The van der Waals surface area contributed by atoms with Gasteiger partial charge in [0.05, 0.1) is 33.0 Å². The van der Waals surface area contributed by atoms with Crippen LogP contribution in [0.3, 0.4) is 0 Å². The largest absolute Gasteiger partial charge is 0.468 e. The van der Waals surface area contributed by atoms with Crippen molar-refractivity contribution in [1.29, 1.82) is 0 Å². The van der Waals surface area contributed by atoms with Crippen molar-refractivity contribution in [2.75, 3.05) is 26.9 Å². The van der Waals surface area contributed by atoms with Crippen molar-refractivity contribution in [2.24, 2.45) is 0 Å². The lowest BCUT2D eigenvalue weighted by Gasteiger charge is -2.18. The molecule has 1 aromatic carbocycles. The number of hydrogen-bond donors (Lipinski definition) is 1. The summed E-state index contributed by atoms with van der Waals surface area (Å²) in [6, 6.07) is 7.58. The van der Waals surface area contributed by atoms with Crippen LogP contribution in [0.15, 0.2) is 24.3 Å². The molecule has 0 fully saturated rings. The number of rotatable bonds is 10. The Labute approximate surface area is 131 Å². The van der Waals surface area contributed by atoms with Gasteiger partial charge in [0.25, 0.3) is 0 Å². The van der Waals surface area contributed by atoms with Crippen molar-refractivity contribution in [3.05, 3.63) is 35.4 Å². The minimum atomic E-state index is -3.14. The lowest BCUT2D eigenvalue weighted by molar-refractivity contribution is -0.139. The van der Waals surface area contributed by atoms with Crippen LogP contribution in [0.4, 0.5) is 0 Å². The zero-order valence-corrected chi connectivity index (χ0v) is 14.2. The van der Waals surface area contributed by atoms with E-state index >= 15 is 0 Å². The summed E-state index contributed by atoms with van der Waals surface area (Å²) in [4.78, 5) is 11.1. The number of nitrogens with one attached hydrogen (secondary N) is 1. The fourth-order valence-electron chi connectivity index (χ4n) is 1.99. The Hall–Kier alpha value is -1.20. The Balaban J connectivity index is 2.77. The molecule has 0 saturated carbocycles. The number of esters is 1. The van der Waals surface area contributed by atoms with E-state index in [1.807, 2.05) is 24.3 Å². The van der Waals surface area contributed by atoms with Gasteiger partial charge in [0, 0.05) is 6.54 Å². The molecule has 7 heteroatoms. The molecule has 0 atom stereocenters. The molecule has 0 saturated heterocycles. The van der Waals surface area contributed by atoms with Crippen LogP contribution in [0.25, 0.3) is 0 Å². The highest BCUT2D eigenvalue weighted by Crippen LogP contribution is 2.51. The van der Waals surface area contributed by atoms with Gasteiger partial charge in [-0.3, -0.25) is 9.36 Å². The van der Waals surface area contributed by atoms with Gasteiger partial charge in [0.15, 0.2) is 0 Å². The van der Waals surface area contributed by atoms with Gasteiger partial charge in [-0.1, -0.05) is 24.3 Å². The van der Waals surface area contributed by atoms with Crippen molar-refractivity contribution in [3.63, 3.8) is 0 Å². The van der Waals surface area contributed by atoms with Crippen molar-refractivity contribution in [1.82, 2.24) is 5.32 Å². The normalized spacial score (nSPS) is 11.4. The maximum absolute atomic E-state index is 12.6. The van der Waals surface area contributed by atoms with E-state index in [1.54, 1.807) is 13.8 Å². The molecule has 6 nitrogen and oxygen atoms in total. The maximum atomic E-state index is 12.6. The highest BCUT2D eigenvalue weighted by Gasteiger charge is 2.25. The molecule has 0 spiro atoms. The molecule has 0 amide bonds. The maximum Gasteiger partial charge on any atom is 0.335 e. The van der Waals surface area contributed by atoms with Gasteiger partial charge in [0.1, 0.15) is 0 Å². The van der Waals surface area contributed by atoms with Gasteiger partial charge < -0.3 is 19.1 Å². The summed E-state index contributed by atoms with van der Waals surface area (Å²) in [5, 5.41) is 3.00. The molecule has 22 heavy (non-hydrogen) atoms. The SMILES string of the molecule is CCOP(=O)(Cc1ccccc1CNCC(=O)OC)OCC. The van der Waals surface area contributed by atoms with Gasteiger partial charge in [-0.2, -0.15) is 0 Å². The van der Waals surface area contributed by atoms with Crippen LogP contribution in [0.1, 0.15) is 25.0 Å². The van der Waals surface area contributed by atoms with Crippen LogP contribution in [0, 0.1) is 0 Å². The van der Waals surface area contributed by atoms with E-state index in [0.29, 0.717) is 19.8 Å². The standard InChI is InChI=1S/C15H24NO5P/c1-4-20-22(18,21-5-2)12-14-9-7-6-8-13(14)10-16-11-15(17)19-3/h6-9,16H,4-5,10-12H2,1-3H3. The van der Waals surface area contributed by atoms with Gasteiger partial charge in [-0.05, 0) is 25.0 Å². The summed E-state index contributed by atoms with van der Waals surface area (Å²) >= 11 is 0. The molecule has 0 bridgehead atoms. The molecule has 0 heterocycles. The highest BCUT2D eigenvalue weighted by atomic mass is 31.2. The van der Waals surface area contributed by atoms with Crippen LogP contribution in [-0.4, -0.2) is 32.8 Å². The van der Waals surface area contributed by atoms with E-state index in [4.69, 9.17) is 9.05 Å². The Morgan fingerprint density at radius 3 is 2.27 bits per heavy atom. The van der Waals surface area contributed by atoms with Gasteiger partial charge >= 0.3 is 13.6 Å². The van der Waals surface area contributed by atoms with Crippen LogP contribution < -0.4 is 5.32 Å². The molecule has 0 unspecified atom stereocenters. The third-order valence-electron chi connectivity index (χ3n) is 2.95. The lowest BCUT2D eigenvalue weighted by Crippen LogP contribution is -2.23. The smallest absolute Gasteiger partial charge is 0.335 e. The van der Waals surface area contributed by atoms with E-state index in [1.165, 1.54) is 7.11 Å². The molecule has 124 valence electrons. The van der Waals surface area contributed by atoms with Crippen molar-refractivity contribution in [3.8, 4) is 0 Å². The van der Waals surface area contributed by atoms with Crippen molar-refractivity contribution >= 4 is 13.6 Å². The fraction of sp³-hybridized carbons (Fsp3) is 0.533. The summed E-state index contributed by atoms with van der Waals surface area (Å²) in [7, 11) is -1.80. The Morgan fingerprint density at radius 1 is 1.14 bits per heavy atom. The second-order valence-electron chi connectivity index (χ2n) is 4.55. The molecule has 1 aromatic rings. The average molecular weight is 329 g/mol. The minimum absolute atomic E-state index is 0.124. The van der Waals surface area contributed by atoms with Crippen molar-refractivity contribution in [2.45, 2.75) is 26.6 Å². The predicted molar refractivity (Wildman–Crippen MR) is 84.7 cm³/mol. The molecule has 0 radical (unpaired) electrons. The average Bonchev–Trinajstić information content (AvgIpc) is 2.49. The Kier molecular flexibility index (Phi) is 8.35. The molecular weight excluding hydrogens is 305 g/mol. The molecule has 0 aliphatic heterocycles. The number of methoxy groups -OCH3 is 1. The number of ether oxygens (including phenoxy) is 1. The summed E-state index contributed by atoms with van der Waals surface area (Å²) < 4.78 is 27.9. The molecule has 0 aromatic heterocycles. The first-order valence-corrected chi connectivity index (χ1v) is 9.00. The Morgan fingerprint density at radius 2 is 1.73 bits per heavy atom. The first kappa shape index (κ1) is 18.8. The topological polar surface area (TPSA) is 73.9 Å². The molecular formula is C15H24NO5P. The van der Waals surface area contributed by atoms with Crippen molar-refractivity contribution < 1.29 is 23.1 Å². The zero-order chi connectivity index (χ0) is 16.4. The van der Waals surface area contributed by atoms with Crippen LogP contribution in [0.5, 0.6) is 0 Å². The first-order valence-electron chi connectivity index (χ1n) is 7.27. The van der Waals surface area contributed by atoms with E-state index in [2.05, 4.69) is 10.1 Å². The van der Waals surface area contributed by atoms with E-state index < -0.39 is 7.60 Å². The molecule has 0 aliphatic rings. The fourth-order valence-corrected chi connectivity index (χ4v) is 3.76. The van der Waals surface area contributed by atoms with Crippen LogP contribution >= 0.6 is 7.60 Å². The summed E-state index contributed by atoms with van der Waals surface area (Å²) in [6.07, 6.45) is 0.213. The van der Waals surface area contributed by atoms with Crippen LogP contribution in [-0.2, 0) is 35.9 Å². The third-order valence-corrected chi connectivity index (χ3v) is 4.98. The monoisotopic (exact) mass is 329 g/mol. The quantitative estimate of drug-likeness (QED) is 0.525. The number of benzene rings is 1. The number of hydrogen-bond acceptors (Lipinski definition) is 6. The van der Waals surface area contributed by atoms with E-state index in [-0.39, 0.29) is 18.7 Å². The molecule has 0 aliphatic carbocycles. The summed E-state index contributed by atoms with van der Waals surface area (Å²) in [5.74, 6) is -0.327. The predicted octanol–water partition coefficient (Wildman–Crippen LogP) is 2.72. The van der Waals surface area contributed by atoms with Gasteiger partial charge in [-0.25, -0.2) is 0 Å². The second-order valence-corrected chi connectivity index (χ2v) is 6.61. The number of carbonyl (C=O) groups is 1. The van der Waals surface area contributed by atoms with Crippen LogP contribution in [0.2, 0.25) is 0 Å². The van der Waals surface area contributed by atoms with E-state index in [9.17, 15) is 9.36 Å². The zero-order valence-electron chi connectivity index (χ0n) is 13.3. The molecule has 1 N–H and O–H groups in total. The van der Waals surface area contributed by atoms with Gasteiger partial charge in [-0.15, -0.1) is 0 Å². The lowest BCUT2D eigenvalue weighted by atomic mass is 10.1. The molecule has 1 rings (SSSR count). The minimum Gasteiger partial charge on any atom is -0.468 e. The highest BCUT2D eigenvalue weighted by molar-refractivity contribution is 7.53. The second kappa shape index (κ2) is 9.74. The Bertz CT molecular complexity index is 510. The summed E-state index contributed by atoms with van der Waals surface area (Å²) in [6.45, 7) is 4.84. The third kappa shape index (κ3) is 6.28. The van der Waals surface area contributed by atoms with E-state index in [0.717, 1.165) is 11.1 Å².